The zero-order valence-electron chi connectivity index (χ0n) is 15.5. The number of amides is 1. The summed E-state index contributed by atoms with van der Waals surface area (Å²) < 4.78 is 16.0. The van der Waals surface area contributed by atoms with Crippen molar-refractivity contribution in [3.63, 3.8) is 0 Å². The van der Waals surface area contributed by atoms with Crippen LogP contribution in [0.1, 0.15) is 17.3 Å². The molecule has 0 spiro atoms. The Bertz CT molecular complexity index is 1080. The number of ether oxygens (including phenoxy) is 2. The Morgan fingerprint density at radius 1 is 1.00 bits per heavy atom. The fourth-order valence-electron chi connectivity index (χ4n) is 2.48. The highest BCUT2D eigenvalue weighted by molar-refractivity contribution is 6.05. The minimum atomic E-state index is -0.632. The first kappa shape index (κ1) is 19.0. The first-order valence-electron chi connectivity index (χ1n) is 8.29. The van der Waals surface area contributed by atoms with Gasteiger partial charge in [0, 0.05) is 36.2 Å². The fraction of sp³-hybridized carbons (Fsp3) is 0.150. The van der Waals surface area contributed by atoms with E-state index in [0.29, 0.717) is 28.2 Å². The Morgan fingerprint density at radius 3 is 2.32 bits per heavy atom. The number of benzene rings is 2. The molecule has 8 heteroatoms. The van der Waals surface area contributed by atoms with Crippen LogP contribution in [0.4, 0.5) is 5.69 Å². The van der Waals surface area contributed by atoms with Crippen LogP contribution in [-0.2, 0) is 9.63 Å². The van der Waals surface area contributed by atoms with Crippen LogP contribution in [0.3, 0.4) is 0 Å². The van der Waals surface area contributed by atoms with Crippen LogP contribution in [-0.4, -0.2) is 26.1 Å². The second-order valence-electron chi connectivity index (χ2n) is 5.73. The molecule has 0 aliphatic carbocycles. The summed E-state index contributed by atoms with van der Waals surface area (Å²) in [7, 11) is 3.03. The van der Waals surface area contributed by atoms with Crippen molar-refractivity contribution in [2.24, 2.45) is 5.16 Å². The number of para-hydroxylation sites is 1. The lowest BCUT2D eigenvalue weighted by Gasteiger charge is -2.10. The summed E-state index contributed by atoms with van der Waals surface area (Å²) in [6.07, 6.45) is 0. The van der Waals surface area contributed by atoms with Gasteiger partial charge in [0.05, 0.1) is 14.2 Å². The lowest BCUT2D eigenvalue weighted by Crippen LogP contribution is -2.22. The molecule has 0 saturated carbocycles. The van der Waals surface area contributed by atoms with Gasteiger partial charge in [-0.05, 0) is 17.3 Å². The molecule has 0 radical (unpaired) electrons. The quantitative estimate of drug-likeness (QED) is 0.538. The molecular formula is C20H18N2O6. The molecule has 2 aromatic carbocycles. The largest absolute Gasteiger partial charge is 0.497 e. The van der Waals surface area contributed by atoms with Gasteiger partial charge in [0.15, 0.2) is 0 Å². The van der Waals surface area contributed by atoms with Gasteiger partial charge >= 0.3 is 5.97 Å². The van der Waals surface area contributed by atoms with Crippen molar-refractivity contribution in [3.8, 4) is 11.5 Å². The number of nitrogens with zero attached hydrogens (tertiary/aromatic N) is 1. The summed E-state index contributed by atoms with van der Waals surface area (Å²) in [4.78, 5) is 28.6. The molecule has 144 valence electrons. The third-order valence-corrected chi connectivity index (χ3v) is 3.77. The smallest absolute Gasteiger partial charge is 0.332 e. The summed E-state index contributed by atoms with van der Waals surface area (Å²) >= 11 is 0. The Balaban J connectivity index is 2.04. The van der Waals surface area contributed by atoms with Gasteiger partial charge in [-0.25, -0.2) is 4.79 Å². The van der Waals surface area contributed by atoms with Gasteiger partial charge in [-0.2, -0.15) is 0 Å². The van der Waals surface area contributed by atoms with Gasteiger partial charge < -0.3 is 24.0 Å². The van der Waals surface area contributed by atoms with Crippen LogP contribution in [0, 0.1) is 0 Å². The number of fused-ring (bicyclic) bond motifs is 1. The molecule has 0 fully saturated rings. The second-order valence-corrected chi connectivity index (χ2v) is 5.73. The van der Waals surface area contributed by atoms with Gasteiger partial charge in [0.1, 0.15) is 22.6 Å². The Kier molecular flexibility index (Phi) is 5.59. The Labute approximate surface area is 160 Å². The van der Waals surface area contributed by atoms with Crippen LogP contribution in [0.5, 0.6) is 11.5 Å². The SMILES string of the molecule is COc1cc(NC(=O)c2cc3ccccc3o/c2=N\OC(C)=O)cc(OC)c1. The third-order valence-electron chi connectivity index (χ3n) is 3.77. The van der Waals surface area contributed by atoms with Crippen LogP contribution in [0.2, 0.25) is 0 Å². The monoisotopic (exact) mass is 382 g/mol. The topological polar surface area (TPSA) is 99.4 Å². The molecule has 0 bridgehead atoms. The molecule has 3 aromatic rings. The van der Waals surface area contributed by atoms with E-state index in [1.54, 1.807) is 42.5 Å². The highest BCUT2D eigenvalue weighted by Crippen LogP contribution is 2.26. The molecule has 28 heavy (non-hydrogen) atoms. The van der Waals surface area contributed by atoms with Crippen molar-refractivity contribution >= 4 is 28.5 Å². The molecule has 8 nitrogen and oxygen atoms in total. The Hall–Kier alpha value is -3.81. The number of rotatable bonds is 5. The summed E-state index contributed by atoms with van der Waals surface area (Å²) in [5.41, 5.74) is 0.920. The summed E-state index contributed by atoms with van der Waals surface area (Å²) in [6.45, 7) is 1.20. The highest BCUT2D eigenvalue weighted by Gasteiger charge is 2.15. The second kappa shape index (κ2) is 8.26. The van der Waals surface area contributed by atoms with E-state index in [4.69, 9.17) is 13.9 Å². The van der Waals surface area contributed by atoms with E-state index in [-0.39, 0.29) is 11.1 Å². The molecule has 0 atom stereocenters. The minimum Gasteiger partial charge on any atom is -0.497 e. The van der Waals surface area contributed by atoms with E-state index in [1.165, 1.54) is 21.1 Å². The van der Waals surface area contributed by atoms with Crippen LogP contribution in [0.15, 0.2) is 58.1 Å². The lowest BCUT2D eigenvalue weighted by atomic mass is 10.1. The van der Waals surface area contributed by atoms with E-state index in [2.05, 4.69) is 15.3 Å². The standard InChI is InChI=1S/C20H18N2O6/c1-12(23)28-22-20-17(8-13-6-4-5-7-18(13)27-20)19(24)21-14-9-15(25-2)11-16(10-14)26-3/h4-11H,1-3H3,(H,21,24)/b22-20-. The van der Waals surface area contributed by atoms with Crippen molar-refractivity contribution in [3.05, 3.63) is 59.6 Å². The average Bonchev–Trinajstić information content (AvgIpc) is 2.71. The highest BCUT2D eigenvalue weighted by atomic mass is 16.7. The number of nitrogens with one attached hydrogen (secondary N) is 1. The van der Waals surface area contributed by atoms with Gasteiger partial charge in [-0.3, -0.25) is 4.79 Å². The first-order valence-corrected chi connectivity index (χ1v) is 8.29. The van der Waals surface area contributed by atoms with E-state index in [1.807, 2.05) is 6.07 Å². The number of hydrogen-bond donors (Lipinski definition) is 1. The van der Waals surface area contributed by atoms with Crippen LogP contribution in [0.25, 0.3) is 11.0 Å². The van der Waals surface area contributed by atoms with Crippen molar-refractivity contribution < 1.29 is 28.3 Å². The van der Waals surface area contributed by atoms with Gasteiger partial charge in [-0.15, -0.1) is 0 Å². The zero-order chi connectivity index (χ0) is 20.1. The molecular weight excluding hydrogens is 364 g/mol. The van der Waals surface area contributed by atoms with E-state index < -0.39 is 11.9 Å². The number of hydrogen-bond acceptors (Lipinski definition) is 7. The Morgan fingerprint density at radius 2 is 1.68 bits per heavy atom. The maximum absolute atomic E-state index is 12.9. The normalized spacial score (nSPS) is 11.2. The van der Waals surface area contributed by atoms with Crippen molar-refractivity contribution in [1.29, 1.82) is 0 Å². The van der Waals surface area contributed by atoms with Crippen LogP contribution < -0.4 is 20.3 Å². The molecule has 1 heterocycles. The van der Waals surface area contributed by atoms with Gasteiger partial charge in [0.25, 0.3) is 11.5 Å². The number of methoxy groups -OCH3 is 2. The van der Waals surface area contributed by atoms with Crippen molar-refractivity contribution in [1.82, 2.24) is 0 Å². The zero-order valence-corrected chi connectivity index (χ0v) is 15.5. The lowest BCUT2D eigenvalue weighted by molar-refractivity contribution is -0.141. The molecule has 0 aliphatic heterocycles. The predicted octanol–water partition coefficient (Wildman–Crippen LogP) is 3.08. The molecule has 0 saturated heterocycles. The van der Waals surface area contributed by atoms with E-state index >= 15 is 0 Å². The van der Waals surface area contributed by atoms with Crippen molar-refractivity contribution in [2.75, 3.05) is 19.5 Å². The maximum Gasteiger partial charge on any atom is 0.332 e. The summed E-state index contributed by atoms with van der Waals surface area (Å²) in [5.74, 6) is -0.103. The molecule has 0 unspecified atom stereocenters. The number of anilines is 1. The third kappa shape index (κ3) is 4.29. The first-order chi connectivity index (χ1) is 13.5. The van der Waals surface area contributed by atoms with Crippen LogP contribution >= 0.6 is 0 Å². The van der Waals surface area contributed by atoms with Gasteiger partial charge in [-0.1, -0.05) is 18.2 Å². The minimum absolute atomic E-state index is 0.0988. The molecule has 3 rings (SSSR count). The molecule has 1 amide bonds. The van der Waals surface area contributed by atoms with E-state index in [9.17, 15) is 9.59 Å². The molecule has 1 N–H and O–H groups in total. The fourth-order valence-corrected chi connectivity index (χ4v) is 2.48. The molecule has 1 aromatic heterocycles. The summed E-state index contributed by atoms with van der Waals surface area (Å²) in [6, 6.07) is 13.7. The maximum atomic E-state index is 12.9. The number of carbonyl (C=O) groups excluding carboxylic acids is 2. The van der Waals surface area contributed by atoms with E-state index in [0.717, 1.165) is 0 Å². The predicted molar refractivity (Wildman–Crippen MR) is 101 cm³/mol. The molecule has 0 aliphatic rings. The summed E-state index contributed by atoms with van der Waals surface area (Å²) in [5, 5.41) is 7.09. The average molecular weight is 382 g/mol. The number of carbonyl (C=O) groups is 2. The van der Waals surface area contributed by atoms with Gasteiger partial charge in [0.2, 0.25) is 0 Å². The van der Waals surface area contributed by atoms with Crippen molar-refractivity contribution in [2.45, 2.75) is 6.92 Å².